The molecule has 0 saturated carbocycles. The Morgan fingerprint density at radius 1 is 1.53 bits per heavy atom. The zero-order valence-corrected chi connectivity index (χ0v) is 12.5. The van der Waals surface area contributed by atoms with Crippen molar-refractivity contribution in [2.45, 2.75) is 25.8 Å². The van der Waals surface area contributed by atoms with Crippen LogP contribution in [-0.2, 0) is 16.3 Å². The van der Waals surface area contributed by atoms with E-state index in [1.165, 1.54) is 0 Å². The van der Waals surface area contributed by atoms with Crippen molar-refractivity contribution in [3.63, 3.8) is 0 Å². The summed E-state index contributed by atoms with van der Waals surface area (Å²) >= 11 is 6.21. The lowest BCUT2D eigenvalue weighted by Gasteiger charge is -2.22. The fourth-order valence-corrected chi connectivity index (χ4v) is 4.75. The van der Waals surface area contributed by atoms with E-state index in [0.29, 0.717) is 17.9 Å². The van der Waals surface area contributed by atoms with Gasteiger partial charge in [0.1, 0.15) is 0 Å². The van der Waals surface area contributed by atoms with Crippen molar-refractivity contribution in [1.29, 1.82) is 0 Å². The summed E-state index contributed by atoms with van der Waals surface area (Å²) in [6, 6.07) is 5.83. The van der Waals surface area contributed by atoms with Crippen molar-refractivity contribution in [1.82, 2.24) is 5.43 Å². The van der Waals surface area contributed by atoms with Crippen LogP contribution in [0.2, 0.25) is 5.02 Å². The molecule has 0 spiro atoms. The Balaban J connectivity index is 2.11. The largest absolute Gasteiger partial charge is 0.271 e. The van der Waals surface area contributed by atoms with Gasteiger partial charge < -0.3 is 0 Å². The van der Waals surface area contributed by atoms with E-state index in [1.54, 1.807) is 0 Å². The second kappa shape index (κ2) is 5.79. The third kappa shape index (κ3) is 3.69. The molecule has 1 saturated heterocycles. The number of hydrazine groups is 1. The first-order valence-electron chi connectivity index (χ1n) is 6.33. The van der Waals surface area contributed by atoms with Crippen molar-refractivity contribution in [3.05, 3.63) is 34.3 Å². The van der Waals surface area contributed by atoms with E-state index in [2.05, 4.69) is 5.43 Å². The summed E-state index contributed by atoms with van der Waals surface area (Å²) in [5, 5.41) is 0.709. The Labute approximate surface area is 119 Å². The zero-order chi connectivity index (χ0) is 14.0. The van der Waals surface area contributed by atoms with E-state index < -0.39 is 9.84 Å². The van der Waals surface area contributed by atoms with Gasteiger partial charge >= 0.3 is 0 Å². The molecule has 0 amide bonds. The van der Waals surface area contributed by atoms with Gasteiger partial charge in [-0.3, -0.25) is 11.3 Å². The lowest BCUT2D eigenvalue weighted by Crippen LogP contribution is -2.43. The van der Waals surface area contributed by atoms with Crippen molar-refractivity contribution in [3.8, 4) is 0 Å². The van der Waals surface area contributed by atoms with Gasteiger partial charge in [0.2, 0.25) is 0 Å². The van der Waals surface area contributed by atoms with Crippen LogP contribution in [0.5, 0.6) is 0 Å². The van der Waals surface area contributed by atoms with Crippen LogP contribution in [0.1, 0.15) is 17.5 Å². The molecule has 106 valence electrons. The van der Waals surface area contributed by atoms with Gasteiger partial charge in [0.05, 0.1) is 11.5 Å². The second-order valence-electron chi connectivity index (χ2n) is 5.24. The molecule has 1 aliphatic heterocycles. The molecule has 0 aliphatic carbocycles. The highest BCUT2D eigenvalue weighted by Crippen LogP contribution is 2.26. The summed E-state index contributed by atoms with van der Waals surface area (Å²) in [4.78, 5) is 0. The topological polar surface area (TPSA) is 72.2 Å². The molecule has 4 nitrogen and oxygen atoms in total. The maximum absolute atomic E-state index is 11.5. The minimum absolute atomic E-state index is 0.0579. The molecular formula is C13H19ClN2O2S. The van der Waals surface area contributed by atoms with Crippen LogP contribution in [0.25, 0.3) is 0 Å². The number of hydrogen-bond donors (Lipinski definition) is 2. The van der Waals surface area contributed by atoms with E-state index in [-0.39, 0.29) is 23.5 Å². The van der Waals surface area contributed by atoms with Gasteiger partial charge in [0.25, 0.3) is 0 Å². The second-order valence-corrected chi connectivity index (χ2v) is 7.87. The Hall–Kier alpha value is -0.620. The number of nitrogens with two attached hydrogens (primary N) is 1. The van der Waals surface area contributed by atoms with E-state index in [9.17, 15) is 8.42 Å². The SMILES string of the molecule is Cc1ccc(CC(NN)C2CCS(=O)(=O)C2)c(Cl)c1. The number of hydrogen-bond acceptors (Lipinski definition) is 4. The van der Waals surface area contributed by atoms with Gasteiger partial charge in [-0.05, 0) is 42.9 Å². The molecule has 2 unspecified atom stereocenters. The summed E-state index contributed by atoms with van der Waals surface area (Å²) in [7, 11) is -2.89. The summed E-state index contributed by atoms with van der Waals surface area (Å²) in [5.74, 6) is 6.12. The molecule has 1 heterocycles. The Kier molecular flexibility index (Phi) is 4.50. The predicted molar refractivity (Wildman–Crippen MR) is 77.8 cm³/mol. The molecule has 1 fully saturated rings. The number of rotatable bonds is 4. The van der Waals surface area contributed by atoms with Gasteiger partial charge in [-0.2, -0.15) is 0 Å². The average molecular weight is 303 g/mol. The Morgan fingerprint density at radius 2 is 2.26 bits per heavy atom. The molecule has 1 aromatic rings. The number of sulfone groups is 1. The van der Waals surface area contributed by atoms with Gasteiger partial charge in [-0.25, -0.2) is 8.42 Å². The van der Waals surface area contributed by atoms with Crippen molar-refractivity contribution >= 4 is 21.4 Å². The number of nitrogens with one attached hydrogen (secondary N) is 1. The maximum atomic E-state index is 11.5. The molecule has 3 N–H and O–H groups in total. The number of aryl methyl sites for hydroxylation is 1. The van der Waals surface area contributed by atoms with Gasteiger partial charge in [0, 0.05) is 11.1 Å². The van der Waals surface area contributed by atoms with E-state index in [4.69, 9.17) is 17.4 Å². The Bertz CT molecular complexity index is 560. The molecule has 2 rings (SSSR count). The zero-order valence-electron chi connectivity index (χ0n) is 10.9. The molecule has 1 aliphatic rings. The highest BCUT2D eigenvalue weighted by Gasteiger charge is 2.33. The molecule has 2 atom stereocenters. The third-order valence-corrected chi connectivity index (χ3v) is 5.84. The molecule has 19 heavy (non-hydrogen) atoms. The first kappa shape index (κ1) is 14.8. The lowest BCUT2D eigenvalue weighted by atomic mass is 9.93. The molecule has 0 aromatic heterocycles. The maximum Gasteiger partial charge on any atom is 0.150 e. The highest BCUT2D eigenvalue weighted by atomic mass is 35.5. The first-order chi connectivity index (χ1) is 8.91. The third-order valence-electron chi connectivity index (χ3n) is 3.70. The van der Waals surface area contributed by atoms with Crippen LogP contribution in [0.15, 0.2) is 18.2 Å². The quantitative estimate of drug-likeness (QED) is 0.652. The molecule has 0 bridgehead atoms. The van der Waals surface area contributed by atoms with Crippen LogP contribution in [0.4, 0.5) is 0 Å². The monoisotopic (exact) mass is 302 g/mol. The summed E-state index contributed by atoms with van der Waals surface area (Å²) in [6.07, 6.45) is 1.32. The van der Waals surface area contributed by atoms with E-state index in [0.717, 1.165) is 11.1 Å². The number of benzene rings is 1. The summed E-state index contributed by atoms with van der Waals surface area (Å²) in [5.41, 5.74) is 4.85. The predicted octanol–water partition coefficient (Wildman–Crippen LogP) is 1.46. The van der Waals surface area contributed by atoms with Crippen LogP contribution in [0.3, 0.4) is 0 Å². The molecule has 6 heteroatoms. The van der Waals surface area contributed by atoms with Crippen LogP contribution in [-0.4, -0.2) is 26.0 Å². The molecular weight excluding hydrogens is 284 g/mol. The van der Waals surface area contributed by atoms with Gasteiger partial charge in [-0.1, -0.05) is 23.7 Å². The average Bonchev–Trinajstić information content (AvgIpc) is 2.69. The van der Waals surface area contributed by atoms with Crippen molar-refractivity contribution in [2.75, 3.05) is 11.5 Å². The van der Waals surface area contributed by atoms with Crippen LogP contribution >= 0.6 is 11.6 Å². The van der Waals surface area contributed by atoms with Crippen LogP contribution in [0, 0.1) is 12.8 Å². The minimum Gasteiger partial charge on any atom is -0.271 e. The normalized spacial score (nSPS) is 23.4. The standard InChI is InChI=1S/C13H19ClN2O2S/c1-9-2-3-10(12(14)6-9)7-13(16-15)11-4-5-19(17,18)8-11/h2-3,6,11,13,16H,4-5,7-8,15H2,1H3. The fourth-order valence-electron chi connectivity index (χ4n) is 2.56. The van der Waals surface area contributed by atoms with Crippen molar-refractivity contribution < 1.29 is 8.42 Å². The smallest absolute Gasteiger partial charge is 0.150 e. The fraction of sp³-hybridized carbons (Fsp3) is 0.538. The van der Waals surface area contributed by atoms with Gasteiger partial charge in [-0.15, -0.1) is 0 Å². The summed E-state index contributed by atoms with van der Waals surface area (Å²) in [6.45, 7) is 1.98. The van der Waals surface area contributed by atoms with Gasteiger partial charge in [0.15, 0.2) is 9.84 Å². The molecule has 1 aromatic carbocycles. The highest BCUT2D eigenvalue weighted by molar-refractivity contribution is 7.91. The Morgan fingerprint density at radius 3 is 2.79 bits per heavy atom. The lowest BCUT2D eigenvalue weighted by molar-refractivity contribution is 0.385. The minimum atomic E-state index is -2.89. The first-order valence-corrected chi connectivity index (χ1v) is 8.53. The van der Waals surface area contributed by atoms with E-state index >= 15 is 0 Å². The van der Waals surface area contributed by atoms with E-state index in [1.807, 2.05) is 25.1 Å². The van der Waals surface area contributed by atoms with Crippen molar-refractivity contribution in [2.24, 2.45) is 11.8 Å². The van der Waals surface area contributed by atoms with Crippen LogP contribution < -0.4 is 11.3 Å². The molecule has 0 radical (unpaired) electrons. The summed E-state index contributed by atoms with van der Waals surface area (Å²) < 4.78 is 23.1. The number of halogens is 1.